The first-order valence-corrected chi connectivity index (χ1v) is 8.32. The van der Waals surface area contributed by atoms with E-state index in [1.807, 2.05) is 33.8 Å². The fourth-order valence-electron chi connectivity index (χ4n) is 3.03. The quantitative estimate of drug-likeness (QED) is 0.924. The van der Waals surface area contributed by atoms with Crippen LogP contribution in [0.5, 0.6) is 0 Å². The third kappa shape index (κ3) is 3.17. The molecule has 1 saturated heterocycles. The zero-order valence-electron chi connectivity index (χ0n) is 14.7. The first kappa shape index (κ1) is 16.6. The summed E-state index contributed by atoms with van der Waals surface area (Å²) in [6, 6.07) is 1.97. The minimum atomic E-state index is -0.0118. The van der Waals surface area contributed by atoms with Crippen molar-refractivity contribution in [2.45, 2.75) is 46.1 Å². The van der Waals surface area contributed by atoms with Crippen molar-refractivity contribution >= 4 is 5.91 Å². The van der Waals surface area contributed by atoms with Crippen LogP contribution in [0.4, 0.5) is 0 Å². The second-order valence-corrected chi connectivity index (χ2v) is 6.78. The van der Waals surface area contributed by atoms with Gasteiger partial charge in [-0.3, -0.25) is 4.79 Å². The van der Waals surface area contributed by atoms with Gasteiger partial charge in [0.2, 0.25) is 0 Å². The van der Waals surface area contributed by atoms with E-state index in [2.05, 4.69) is 15.1 Å². The van der Waals surface area contributed by atoms with Crippen molar-refractivity contribution in [3.05, 3.63) is 34.9 Å². The van der Waals surface area contributed by atoms with Gasteiger partial charge in [0.15, 0.2) is 0 Å². The fraction of sp³-hybridized carbons (Fsp3) is 0.529. The summed E-state index contributed by atoms with van der Waals surface area (Å²) in [6.07, 6.45) is 2.59. The fourth-order valence-corrected chi connectivity index (χ4v) is 3.03. The highest BCUT2D eigenvalue weighted by molar-refractivity contribution is 5.95. The molecule has 0 unspecified atom stereocenters. The van der Waals surface area contributed by atoms with Gasteiger partial charge in [-0.05, 0) is 32.3 Å². The van der Waals surface area contributed by atoms with Crippen LogP contribution in [0.2, 0.25) is 0 Å². The molecule has 1 aliphatic heterocycles. The van der Waals surface area contributed by atoms with Gasteiger partial charge in [-0.1, -0.05) is 13.8 Å². The van der Waals surface area contributed by atoms with Gasteiger partial charge in [0, 0.05) is 36.7 Å². The molecule has 2 aromatic rings. The molecule has 1 amide bonds. The van der Waals surface area contributed by atoms with Crippen molar-refractivity contribution in [3.8, 4) is 5.95 Å². The van der Waals surface area contributed by atoms with Gasteiger partial charge in [-0.15, -0.1) is 0 Å². The lowest BCUT2D eigenvalue weighted by Crippen LogP contribution is -2.32. The molecule has 3 rings (SSSR count). The number of nitrogens with two attached hydrogens (primary N) is 1. The van der Waals surface area contributed by atoms with E-state index < -0.39 is 0 Å². The van der Waals surface area contributed by atoms with E-state index in [9.17, 15) is 4.79 Å². The molecule has 0 aliphatic carbocycles. The SMILES string of the molecule is Cc1cc(C)nc(-n2cc(C(=O)N3CC[C@H](N)C3)c(C(C)C)n2)n1. The van der Waals surface area contributed by atoms with Crippen LogP contribution in [-0.4, -0.2) is 49.7 Å². The average molecular weight is 328 g/mol. The molecule has 3 heterocycles. The first-order chi connectivity index (χ1) is 11.3. The highest BCUT2D eigenvalue weighted by Gasteiger charge is 2.29. The van der Waals surface area contributed by atoms with E-state index in [1.165, 1.54) is 0 Å². The molecule has 0 bridgehead atoms. The Morgan fingerprint density at radius 3 is 2.50 bits per heavy atom. The summed E-state index contributed by atoms with van der Waals surface area (Å²) in [5.74, 6) is 0.612. The van der Waals surface area contributed by atoms with Gasteiger partial charge in [0.25, 0.3) is 11.9 Å². The molecular weight excluding hydrogens is 304 g/mol. The van der Waals surface area contributed by atoms with E-state index >= 15 is 0 Å². The lowest BCUT2D eigenvalue weighted by Gasteiger charge is -2.16. The summed E-state index contributed by atoms with van der Waals surface area (Å²) in [6.45, 7) is 9.19. The minimum Gasteiger partial charge on any atom is -0.337 e. The molecular formula is C17H24N6O. The van der Waals surface area contributed by atoms with Crippen LogP contribution >= 0.6 is 0 Å². The number of amides is 1. The average Bonchev–Trinajstić information content (AvgIpc) is 3.12. The Bertz CT molecular complexity index is 746. The molecule has 2 aromatic heterocycles. The Hall–Kier alpha value is -2.28. The van der Waals surface area contributed by atoms with Crippen LogP contribution in [0.1, 0.15) is 53.6 Å². The van der Waals surface area contributed by atoms with E-state index in [4.69, 9.17) is 5.73 Å². The van der Waals surface area contributed by atoms with Gasteiger partial charge >= 0.3 is 0 Å². The summed E-state index contributed by atoms with van der Waals surface area (Å²) in [4.78, 5) is 23.5. The molecule has 24 heavy (non-hydrogen) atoms. The normalized spacial score (nSPS) is 17.8. The third-order valence-corrected chi connectivity index (χ3v) is 4.21. The number of carbonyl (C=O) groups is 1. The van der Waals surface area contributed by atoms with Gasteiger partial charge < -0.3 is 10.6 Å². The van der Waals surface area contributed by atoms with Crippen molar-refractivity contribution < 1.29 is 4.79 Å². The maximum absolute atomic E-state index is 12.9. The van der Waals surface area contributed by atoms with E-state index in [0.29, 0.717) is 24.6 Å². The smallest absolute Gasteiger partial charge is 0.257 e. The Morgan fingerprint density at radius 1 is 1.29 bits per heavy atom. The van der Waals surface area contributed by atoms with Gasteiger partial charge in [0.05, 0.1) is 11.3 Å². The minimum absolute atomic E-state index is 0.0118. The number of likely N-dealkylation sites (tertiary alicyclic amines) is 1. The molecule has 0 saturated carbocycles. The van der Waals surface area contributed by atoms with Crippen LogP contribution in [0.15, 0.2) is 12.3 Å². The van der Waals surface area contributed by atoms with Crippen molar-refractivity contribution in [2.24, 2.45) is 5.73 Å². The lowest BCUT2D eigenvalue weighted by atomic mass is 10.1. The van der Waals surface area contributed by atoms with Crippen molar-refractivity contribution in [2.75, 3.05) is 13.1 Å². The summed E-state index contributed by atoms with van der Waals surface area (Å²) >= 11 is 0. The third-order valence-electron chi connectivity index (χ3n) is 4.21. The number of aromatic nitrogens is 4. The number of rotatable bonds is 3. The monoisotopic (exact) mass is 328 g/mol. The molecule has 7 nitrogen and oxygen atoms in total. The number of aryl methyl sites for hydroxylation is 2. The number of hydrogen-bond donors (Lipinski definition) is 1. The predicted octanol–water partition coefficient (Wildman–Crippen LogP) is 1.58. The van der Waals surface area contributed by atoms with Gasteiger partial charge in [-0.2, -0.15) is 5.10 Å². The number of carbonyl (C=O) groups excluding carboxylic acids is 1. The second-order valence-electron chi connectivity index (χ2n) is 6.78. The van der Waals surface area contributed by atoms with Crippen molar-refractivity contribution in [1.82, 2.24) is 24.6 Å². The maximum Gasteiger partial charge on any atom is 0.257 e. The predicted molar refractivity (Wildman–Crippen MR) is 91.2 cm³/mol. The molecule has 7 heteroatoms. The summed E-state index contributed by atoms with van der Waals surface area (Å²) in [5, 5.41) is 4.59. The summed E-state index contributed by atoms with van der Waals surface area (Å²) in [5.41, 5.74) is 9.06. The zero-order valence-corrected chi connectivity index (χ0v) is 14.7. The molecule has 1 fully saturated rings. The van der Waals surface area contributed by atoms with Crippen LogP contribution in [0.3, 0.4) is 0 Å². The van der Waals surface area contributed by atoms with Gasteiger partial charge in [0.1, 0.15) is 0 Å². The Labute approximate surface area is 141 Å². The highest BCUT2D eigenvalue weighted by Crippen LogP contribution is 2.22. The van der Waals surface area contributed by atoms with Crippen LogP contribution in [0, 0.1) is 13.8 Å². The molecule has 128 valence electrons. The molecule has 0 radical (unpaired) electrons. The molecule has 1 aliphatic rings. The molecule has 0 spiro atoms. The standard InChI is InChI=1S/C17H24N6O/c1-10(2)15-14(16(24)22-6-5-13(18)8-22)9-23(21-15)17-19-11(3)7-12(4)20-17/h7,9-10,13H,5-6,8,18H2,1-4H3/t13-/m0/s1. The number of nitrogens with zero attached hydrogens (tertiary/aromatic N) is 5. The molecule has 2 N–H and O–H groups in total. The van der Waals surface area contributed by atoms with Crippen LogP contribution in [-0.2, 0) is 0 Å². The largest absolute Gasteiger partial charge is 0.337 e. The Morgan fingerprint density at radius 2 is 1.96 bits per heavy atom. The molecule has 0 aromatic carbocycles. The summed E-state index contributed by atoms with van der Waals surface area (Å²) in [7, 11) is 0. The van der Waals surface area contributed by atoms with Crippen molar-refractivity contribution in [1.29, 1.82) is 0 Å². The maximum atomic E-state index is 12.9. The first-order valence-electron chi connectivity index (χ1n) is 8.32. The second kappa shape index (κ2) is 6.32. The van der Waals surface area contributed by atoms with Gasteiger partial charge in [-0.25, -0.2) is 14.6 Å². The van der Waals surface area contributed by atoms with Crippen LogP contribution in [0.25, 0.3) is 5.95 Å². The number of hydrogen-bond acceptors (Lipinski definition) is 5. The van der Waals surface area contributed by atoms with Crippen LogP contribution < -0.4 is 5.73 Å². The van der Waals surface area contributed by atoms with E-state index in [-0.39, 0.29) is 17.9 Å². The zero-order chi connectivity index (χ0) is 17.4. The molecule has 1 atom stereocenters. The topological polar surface area (TPSA) is 89.9 Å². The Kier molecular flexibility index (Phi) is 4.36. The van der Waals surface area contributed by atoms with E-state index in [1.54, 1.807) is 15.8 Å². The van der Waals surface area contributed by atoms with Crippen molar-refractivity contribution in [3.63, 3.8) is 0 Å². The Balaban J connectivity index is 2.00. The summed E-state index contributed by atoms with van der Waals surface area (Å²) < 4.78 is 1.61. The lowest BCUT2D eigenvalue weighted by molar-refractivity contribution is 0.0789. The van der Waals surface area contributed by atoms with E-state index in [0.717, 1.165) is 23.5 Å². The highest BCUT2D eigenvalue weighted by atomic mass is 16.2.